The Hall–Kier alpha value is -3.66. The molecule has 156 valence electrons. The molecule has 31 heavy (non-hydrogen) atoms. The number of aromatic nitrogens is 1. The maximum absolute atomic E-state index is 13.7. The molecule has 0 aliphatic heterocycles. The van der Waals surface area contributed by atoms with Crippen molar-refractivity contribution in [1.82, 2.24) is 4.98 Å². The molecule has 0 atom stereocenters. The van der Waals surface area contributed by atoms with Crippen molar-refractivity contribution in [2.24, 2.45) is 0 Å². The van der Waals surface area contributed by atoms with E-state index in [2.05, 4.69) is 4.98 Å². The highest BCUT2D eigenvalue weighted by Crippen LogP contribution is 2.26. The van der Waals surface area contributed by atoms with Gasteiger partial charge in [0.25, 0.3) is 11.5 Å². The highest BCUT2D eigenvalue weighted by atomic mass is 16.2. The molecule has 1 heterocycles. The summed E-state index contributed by atoms with van der Waals surface area (Å²) in [4.78, 5) is 31.3. The van der Waals surface area contributed by atoms with Gasteiger partial charge in [-0.05, 0) is 79.6 Å². The second-order valence-corrected chi connectivity index (χ2v) is 8.21. The number of nitrogens with one attached hydrogen (secondary N) is 1. The number of amides is 1. The number of nitrogens with zero attached hydrogens (tertiary/aromatic N) is 1. The van der Waals surface area contributed by atoms with Crippen molar-refractivity contribution in [3.63, 3.8) is 0 Å². The lowest BCUT2D eigenvalue weighted by atomic mass is 10.0. The zero-order chi connectivity index (χ0) is 22.1. The number of anilines is 1. The third kappa shape index (κ3) is 4.15. The minimum atomic E-state index is -0.175. The van der Waals surface area contributed by atoms with Gasteiger partial charge in [0.15, 0.2) is 0 Å². The van der Waals surface area contributed by atoms with E-state index in [0.717, 1.165) is 38.8 Å². The third-order valence-corrected chi connectivity index (χ3v) is 5.68. The average molecular weight is 411 g/mol. The number of benzene rings is 3. The van der Waals surface area contributed by atoms with Gasteiger partial charge >= 0.3 is 0 Å². The van der Waals surface area contributed by atoms with Crippen LogP contribution in [0.2, 0.25) is 0 Å². The first-order valence-electron chi connectivity index (χ1n) is 10.4. The monoisotopic (exact) mass is 410 g/mol. The largest absolute Gasteiger partial charge is 0.322 e. The fourth-order valence-electron chi connectivity index (χ4n) is 3.88. The standard InChI is InChI=1S/C27H26N2O2/c1-17-10-12-21-15-22(26(30)28-24(21)13-17)16-29(25-14-18(2)9-11-20(25)4)27(31)23-8-6-5-7-19(23)3/h5-15H,16H2,1-4H3,(H,28,30). The van der Waals surface area contributed by atoms with E-state index in [9.17, 15) is 9.59 Å². The lowest BCUT2D eigenvalue weighted by molar-refractivity contribution is 0.0984. The van der Waals surface area contributed by atoms with E-state index in [1.54, 1.807) is 4.90 Å². The minimum Gasteiger partial charge on any atom is -0.322 e. The second-order valence-electron chi connectivity index (χ2n) is 8.21. The Morgan fingerprint density at radius 2 is 1.55 bits per heavy atom. The molecule has 4 nitrogen and oxygen atoms in total. The van der Waals surface area contributed by atoms with Crippen molar-refractivity contribution in [2.45, 2.75) is 34.2 Å². The number of rotatable bonds is 4. The summed E-state index contributed by atoms with van der Waals surface area (Å²) in [5, 5.41) is 0.949. The summed E-state index contributed by atoms with van der Waals surface area (Å²) >= 11 is 0. The van der Waals surface area contributed by atoms with Gasteiger partial charge < -0.3 is 9.88 Å². The van der Waals surface area contributed by atoms with Crippen molar-refractivity contribution >= 4 is 22.5 Å². The number of aryl methyl sites for hydroxylation is 4. The number of pyridine rings is 1. The van der Waals surface area contributed by atoms with Crippen LogP contribution in [0.3, 0.4) is 0 Å². The molecular weight excluding hydrogens is 384 g/mol. The fourth-order valence-corrected chi connectivity index (χ4v) is 3.88. The lowest BCUT2D eigenvalue weighted by Crippen LogP contribution is -2.34. The SMILES string of the molecule is Cc1ccc(C)c(N(Cc2cc3ccc(C)cc3[nH]c2=O)C(=O)c2ccccc2C)c1. The van der Waals surface area contributed by atoms with Crippen molar-refractivity contribution < 1.29 is 4.79 Å². The molecule has 1 amide bonds. The van der Waals surface area contributed by atoms with Crippen LogP contribution in [-0.2, 0) is 6.54 Å². The van der Waals surface area contributed by atoms with Crippen LogP contribution in [0.1, 0.15) is 38.2 Å². The second kappa shape index (κ2) is 8.23. The third-order valence-electron chi connectivity index (χ3n) is 5.68. The molecule has 4 aromatic rings. The van der Waals surface area contributed by atoms with Gasteiger partial charge in [-0.15, -0.1) is 0 Å². The molecule has 0 fully saturated rings. The van der Waals surface area contributed by atoms with Crippen molar-refractivity contribution in [2.75, 3.05) is 4.90 Å². The normalized spacial score (nSPS) is 11.0. The summed E-state index contributed by atoms with van der Waals surface area (Å²) in [5.74, 6) is -0.116. The van der Waals surface area contributed by atoms with Gasteiger partial charge in [0.2, 0.25) is 0 Å². The molecule has 4 rings (SSSR count). The van der Waals surface area contributed by atoms with Crippen LogP contribution >= 0.6 is 0 Å². The fraction of sp³-hybridized carbons (Fsp3) is 0.185. The van der Waals surface area contributed by atoms with E-state index in [0.29, 0.717) is 11.1 Å². The number of fused-ring (bicyclic) bond motifs is 1. The molecule has 0 saturated heterocycles. The molecule has 0 radical (unpaired) electrons. The number of hydrogen-bond donors (Lipinski definition) is 1. The highest BCUT2D eigenvalue weighted by molar-refractivity contribution is 6.07. The summed E-state index contributed by atoms with van der Waals surface area (Å²) < 4.78 is 0. The maximum atomic E-state index is 13.7. The van der Waals surface area contributed by atoms with Gasteiger partial charge in [-0.25, -0.2) is 0 Å². The van der Waals surface area contributed by atoms with E-state index in [4.69, 9.17) is 0 Å². The minimum absolute atomic E-state index is 0.116. The van der Waals surface area contributed by atoms with Gasteiger partial charge in [0.05, 0.1) is 6.54 Å². The molecule has 0 bridgehead atoms. The molecule has 3 aromatic carbocycles. The number of H-pyrrole nitrogens is 1. The number of hydrogen-bond acceptors (Lipinski definition) is 2. The van der Waals surface area contributed by atoms with Gasteiger partial charge in [-0.2, -0.15) is 0 Å². The van der Waals surface area contributed by atoms with Crippen molar-refractivity contribution in [3.8, 4) is 0 Å². The summed E-state index contributed by atoms with van der Waals surface area (Å²) in [6.45, 7) is 8.11. The summed E-state index contributed by atoms with van der Waals surface area (Å²) in [6.07, 6.45) is 0. The van der Waals surface area contributed by atoms with Crippen LogP contribution in [-0.4, -0.2) is 10.9 Å². The first kappa shape index (κ1) is 20.6. The molecule has 1 aromatic heterocycles. The molecular formula is C27H26N2O2. The Kier molecular flexibility index (Phi) is 5.47. The zero-order valence-corrected chi connectivity index (χ0v) is 18.3. The average Bonchev–Trinajstić information content (AvgIpc) is 2.74. The highest BCUT2D eigenvalue weighted by Gasteiger charge is 2.22. The van der Waals surface area contributed by atoms with Crippen LogP contribution in [0, 0.1) is 27.7 Å². The van der Waals surface area contributed by atoms with Gasteiger partial charge in [-0.1, -0.05) is 42.5 Å². The Morgan fingerprint density at radius 3 is 2.32 bits per heavy atom. The first-order valence-corrected chi connectivity index (χ1v) is 10.4. The summed E-state index contributed by atoms with van der Waals surface area (Å²) in [6, 6.07) is 21.5. The van der Waals surface area contributed by atoms with Crippen molar-refractivity contribution in [1.29, 1.82) is 0 Å². The van der Waals surface area contributed by atoms with Crippen LogP contribution in [0.15, 0.2) is 71.5 Å². The van der Waals surface area contributed by atoms with Gasteiger partial charge in [-0.3, -0.25) is 9.59 Å². The van der Waals surface area contributed by atoms with Crippen LogP contribution in [0.4, 0.5) is 5.69 Å². The van der Waals surface area contributed by atoms with Gasteiger partial charge in [0.1, 0.15) is 0 Å². The molecule has 0 aliphatic carbocycles. The van der Waals surface area contributed by atoms with Crippen LogP contribution in [0.5, 0.6) is 0 Å². The van der Waals surface area contributed by atoms with Crippen LogP contribution < -0.4 is 10.5 Å². The zero-order valence-electron chi connectivity index (χ0n) is 18.3. The van der Waals surface area contributed by atoms with Gasteiger partial charge in [0, 0.05) is 22.3 Å². The van der Waals surface area contributed by atoms with E-state index in [1.807, 2.05) is 94.4 Å². The number of carbonyl (C=O) groups is 1. The topological polar surface area (TPSA) is 53.2 Å². The van der Waals surface area contributed by atoms with E-state index in [1.165, 1.54) is 0 Å². The van der Waals surface area contributed by atoms with Crippen LogP contribution in [0.25, 0.3) is 10.9 Å². The van der Waals surface area contributed by atoms with E-state index < -0.39 is 0 Å². The molecule has 1 N–H and O–H groups in total. The predicted octanol–water partition coefficient (Wildman–Crippen LogP) is 5.61. The molecule has 0 spiro atoms. The van der Waals surface area contributed by atoms with E-state index >= 15 is 0 Å². The molecule has 4 heteroatoms. The predicted molar refractivity (Wildman–Crippen MR) is 127 cm³/mol. The Balaban J connectivity index is 1.84. The molecule has 0 aliphatic rings. The number of carbonyl (C=O) groups excluding carboxylic acids is 1. The van der Waals surface area contributed by atoms with E-state index in [-0.39, 0.29) is 18.0 Å². The Labute approximate surface area is 182 Å². The lowest BCUT2D eigenvalue weighted by Gasteiger charge is -2.26. The number of aromatic amines is 1. The Bertz CT molecular complexity index is 1350. The quantitative estimate of drug-likeness (QED) is 0.475. The summed E-state index contributed by atoms with van der Waals surface area (Å²) in [5.41, 5.74) is 6.68. The summed E-state index contributed by atoms with van der Waals surface area (Å²) in [7, 11) is 0. The maximum Gasteiger partial charge on any atom is 0.258 e. The first-order chi connectivity index (χ1) is 14.8. The van der Waals surface area contributed by atoms with Crippen molar-refractivity contribution in [3.05, 3.63) is 110 Å². The molecule has 0 saturated carbocycles. The smallest absolute Gasteiger partial charge is 0.258 e. The molecule has 0 unspecified atom stereocenters. The Morgan fingerprint density at radius 1 is 0.839 bits per heavy atom.